The van der Waals surface area contributed by atoms with Gasteiger partial charge in [0.25, 0.3) is 5.91 Å². The smallest absolute Gasteiger partial charge is 0.285 e. The van der Waals surface area contributed by atoms with Crippen molar-refractivity contribution in [3.05, 3.63) is 59.7 Å². The summed E-state index contributed by atoms with van der Waals surface area (Å²) >= 11 is 0. The van der Waals surface area contributed by atoms with Crippen molar-refractivity contribution >= 4 is 23.2 Å². The van der Waals surface area contributed by atoms with Crippen LogP contribution in [-0.4, -0.2) is 24.4 Å². The summed E-state index contributed by atoms with van der Waals surface area (Å²) < 4.78 is 0. The number of fused-ring (bicyclic) bond motifs is 2. The summed E-state index contributed by atoms with van der Waals surface area (Å²) in [6.07, 6.45) is 3.34. The van der Waals surface area contributed by atoms with Gasteiger partial charge in [-0.05, 0) is 37.5 Å². The number of hydrogen-bond acceptors (Lipinski definition) is 2. The zero-order valence-electron chi connectivity index (χ0n) is 14.9. The Morgan fingerprint density at radius 2 is 1.96 bits per heavy atom. The molecule has 4 rings (SSSR count). The maximum absolute atomic E-state index is 13.1. The third kappa shape index (κ3) is 3.10. The lowest BCUT2D eigenvalue weighted by Crippen LogP contribution is -2.93. The molecule has 1 heterocycles. The van der Waals surface area contributed by atoms with Crippen molar-refractivity contribution in [2.75, 3.05) is 16.8 Å². The molecule has 5 nitrogen and oxygen atoms in total. The van der Waals surface area contributed by atoms with E-state index in [0.29, 0.717) is 11.7 Å². The van der Waals surface area contributed by atoms with Gasteiger partial charge < -0.3 is 10.6 Å². The van der Waals surface area contributed by atoms with Crippen LogP contribution in [-0.2, 0) is 16.0 Å². The Morgan fingerprint density at radius 3 is 2.85 bits per heavy atom. The molecule has 2 aliphatic rings. The third-order valence-corrected chi connectivity index (χ3v) is 5.36. The molecule has 2 aromatic rings. The van der Waals surface area contributed by atoms with Crippen LogP contribution in [0.5, 0.6) is 0 Å². The molecule has 0 unspecified atom stereocenters. The molecule has 5 heteroatoms. The van der Waals surface area contributed by atoms with Crippen molar-refractivity contribution in [2.45, 2.75) is 38.3 Å². The molecule has 0 saturated heterocycles. The zero-order chi connectivity index (χ0) is 18.1. The SMILES string of the molecule is C[C@@H]([NH2+][C@@H]1CCCc2ccccc21)C(=O)N1CC(=O)Nc2ccccc21. The largest absolute Gasteiger partial charge is 0.330 e. The number of nitrogens with two attached hydrogens (primary N) is 1. The van der Waals surface area contributed by atoms with Gasteiger partial charge in [0.05, 0.1) is 11.4 Å². The number of carbonyl (C=O) groups is 2. The van der Waals surface area contributed by atoms with E-state index >= 15 is 0 Å². The molecule has 1 aliphatic heterocycles. The maximum atomic E-state index is 13.1. The molecular weight excluding hydrogens is 326 g/mol. The van der Waals surface area contributed by atoms with Gasteiger partial charge in [-0.1, -0.05) is 36.4 Å². The second kappa shape index (κ2) is 6.92. The summed E-state index contributed by atoms with van der Waals surface area (Å²) in [4.78, 5) is 26.7. The first-order valence-corrected chi connectivity index (χ1v) is 9.26. The Hall–Kier alpha value is -2.66. The second-order valence-corrected chi connectivity index (χ2v) is 7.17. The van der Waals surface area contributed by atoms with E-state index in [1.807, 2.05) is 31.2 Å². The number of nitrogens with zero attached hydrogens (tertiary/aromatic N) is 1. The Kier molecular flexibility index (Phi) is 4.47. The van der Waals surface area contributed by atoms with Gasteiger partial charge in [-0.15, -0.1) is 0 Å². The lowest BCUT2D eigenvalue weighted by atomic mass is 9.87. The number of rotatable bonds is 3. The van der Waals surface area contributed by atoms with Crippen molar-refractivity contribution in [3.8, 4) is 0 Å². The first kappa shape index (κ1) is 16.8. The fourth-order valence-corrected chi connectivity index (χ4v) is 4.10. The van der Waals surface area contributed by atoms with Gasteiger partial charge in [-0.2, -0.15) is 0 Å². The molecule has 0 spiro atoms. The molecule has 0 radical (unpaired) electrons. The number of nitrogens with one attached hydrogen (secondary N) is 1. The van der Waals surface area contributed by atoms with Crippen LogP contribution < -0.4 is 15.5 Å². The van der Waals surface area contributed by atoms with Crippen LogP contribution in [0, 0.1) is 0 Å². The topological polar surface area (TPSA) is 66.0 Å². The highest BCUT2D eigenvalue weighted by Crippen LogP contribution is 2.30. The summed E-state index contributed by atoms with van der Waals surface area (Å²) in [5.41, 5.74) is 4.21. The lowest BCUT2D eigenvalue weighted by Gasteiger charge is -2.32. The van der Waals surface area contributed by atoms with Crippen LogP contribution in [0.15, 0.2) is 48.5 Å². The van der Waals surface area contributed by atoms with Gasteiger partial charge in [0.2, 0.25) is 5.91 Å². The maximum Gasteiger partial charge on any atom is 0.285 e. The second-order valence-electron chi connectivity index (χ2n) is 7.17. The molecule has 1 aliphatic carbocycles. The molecule has 26 heavy (non-hydrogen) atoms. The molecule has 2 aromatic carbocycles. The molecule has 3 N–H and O–H groups in total. The number of hydrogen-bond donors (Lipinski definition) is 2. The van der Waals surface area contributed by atoms with E-state index in [4.69, 9.17) is 0 Å². The number of benzene rings is 2. The minimum absolute atomic E-state index is 0.0182. The van der Waals surface area contributed by atoms with Crippen LogP contribution >= 0.6 is 0 Å². The number of aryl methyl sites for hydroxylation is 1. The number of carbonyl (C=O) groups excluding carboxylic acids is 2. The first-order chi connectivity index (χ1) is 12.6. The number of quaternary nitrogens is 1. The summed E-state index contributed by atoms with van der Waals surface area (Å²) in [6, 6.07) is 16.0. The quantitative estimate of drug-likeness (QED) is 0.889. The lowest BCUT2D eigenvalue weighted by molar-refractivity contribution is -0.714. The average molecular weight is 350 g/mol. The fraction of sp³-hybridized carbons (Fsp3) is 0.333. The van der Waals surface area contributed by atoms with E-state index in [-0.39, 0.29) is 24.4 Å². The van der Waals surface area contributed by atoms with Crippen molar-refractivity contribution in [1.82, 2.24) is 0 Å². The van der Waals surface area contributed by atoms with Gasteiger partial charge >= 0.3 is 0 Å². The van der Waals surface area contributed by atoms with E-state index in [1.165, 1.54) is 11.1 Å². The highest BCUT2D eigenvalue weighted by Gasteiger charge is 2.33. The molecule has 0 bridgehead atoms. The summed E-state index contributed by atoms with van der Waals surface area (Å²) in [6.45, 7) is 2.02. The molecule has 2 amide bonds. The van der Waals surface area contributed by atoms with Crippen LogP contribution in [0.25, 0.3) is 0 Å². The molecular formula is C21H24N3O2+. The van der Waals surface area contributed by atoms with Gasteiger partial charge in [0.1, 0.15) is 12.6 Å². The van der Waals surface area contributed by atoms with Crippen molar-refractivity contribution in [2.24, 2.45) is 0 Å². The van der Waals surface area contributed by atoms with Crippen molar-refractivity contribution in [1.29, 1.82) is 0 Å². The van der Waals surface area contributed by atoms with Gasteiger partial charge in [0.15, 0.2) is 6.04 Å². The average Bonchev–Trinajstić information content (AvgIpc) is 2.67. The summed E-state index contributed by atoms with van der Waals surface area (Å²) in [5.74, 6) is -0.164. The predicted molar refractivity (Wildman–Crippen MR) is 101 cm³/mol. The summed E-state index contributed by atoms with van der Waals surface area (Å²) in [7, 11) is 0. The highest BCUT2D eigenvalue weighted by atomic mass is 16.2. The Labute approximate surface area is 153 Å². The minimum Gasteiger partial charge on any atom is -0.330 e. The predicted octanol–water partition coefficient (Wildman–Crippen LogP) is 2.00. The number of para-hydroxylation sites is 2. The third-order valence-electron chi connectivity index (χ3n) is 5.36. The van der Waals surface area contributed by atoms with E-state index in [2.05, 4.69) is 34.9 Å². The van der Waals surface area contributed by atoms with Crippen LogP contribution in [0.4, 0.5) is 11.4 Å². The van der Waals surface area contributed by atoms with Gasteiger partial charge in [-0.25, -0.2) is 0 Å². The Balaban J connectivity index is 1.54. The van der Waals surface area contributed by atoms with E-state index in [0.717, 1.165) is 24.9 Å². The monoisotopic (exact) mass is 350 g/mol. The standard InChI is InChI=1S/C21H23N3O2/c1-14(22-17-11-6-8-15-7-2-3-9-16(15)17)21(26)24-13-20(25)23-18-10-4-5-12-19(18)24/h2-5,7,9-10,12,14,17,22H,6,8,11,13H2,1H3,(H,23,25)/p+1/t14-,17-/m1/s1. The van der Waals surface area contributed by atoms with Crippen LogP contribution in [0.1, 0.15) is 36.9 Å². The molecule has 134 valence electrons. The normalized spacial score (nSPS) is 20.0. The van der Waals surface area contributed by atoms with E-state index in [1.54, 1.807) is 4.90 Å². The molecule has 2 atom stereocenters. The Morgan fingerprint density at radius 1 is 1.19 bits per heavy atom. The van der Waals surface area contributed by atoms with Gasteiger partial charge in [-0.3, -0.25) is 14.5 Å². The highest BCUT2D eigenvalue weighted by molar-refractivity contribution is 6.10. The fourth-order valence-electron chi connectivity index (χ4n) is 4.10. The van der Waals surface area contributed by atoms with Gasteiger partial charge in [0, 0.05) is 12.0 Å². The van der Waals surface area contributed by atoms with Crippen LogP contribution in [0.3, 0.4) is 0 Å². The minimum atomic E-state index is -0.245. The molecule has 0 aromatic heterocycles. The van der Waals surface area contributed by atoms with Crippen molar-refractivity contribution < 1.29 is 14.9 Å². The molecule has 0 saturated carbocycles. The number of amides is 2. The Bertz CT molecular complexity index is 849. The first-order valence-electron chi connectivity index (χ1n) is 9.26. The number of anilines is 2. The van der Waals surface area contributed by atoms with E-state index < -0.39 is 0 Å². The summed E-state index contributed by atoms with van der Waals surface area (Å²) in [5, 5.41) is 5.00. The molecule has 0 fully saturated rings. The van der Waals surface area contributed by atoms with Crippen LogP contribution in [0.2, 0.25) is 0 Å². The van der Waals surface area contributed by atoms with Crippen molar-refractivity contribution in [3.63, 3.8) is 0 Å². The zero-order valence-corrected chi connectivity index (χ0v) is 14.9. The van der Waals surface area contributed by atoms with E-state index in [9.17, 15) is 9.59 Å².